The third-order valence-electron chi connectivity index (χ3n) is 2.77. The second kappa shape index (κ2) is 4.15. The fraction of sp³-hybridized carbons (Fsp3) is 0.571. The van der Waals surface area contributed by atoms with Gasteiger partial charge in [-0.3, -0.25) is 0 Å². The third kappa shape index (κ3) is 3.03. The molecule has 0 bridgehead atoms. The van der Waals surface area contributed by atoms with Gasteiger partial charge in [0.1, 0.15) is 11.3 Å². The van der Waals surface area contributed by atoms with E-state index in [-0.39, 0.29) is 0 Å². The van der Waals surface area contributed by atoms with Crippen molar-refractivity contribution in [1.82, 2.24) is 0 Å². The molecule has 90 valence electrons. The molecule has 0 aliphatic carbocycles. The summed E-state index contributed by atoms with van der Waals surface area (Å²) in [5.41, 5.74) is -0.778. The molecule has 0 aliphatic rings. The van der Waals surface area contributed by atoms with Crippen LogP contribution in [0.25, 0.3) is 0 Å². The van der Waals surface area contributed by atoms with Crippen LogP contribution in [0.5, 0.6) is 0 Å². The van der Waals surface area contributed by atoms with Gasteiger partial charge in [0.25, 0.3) is 0 Å². The Balaban J connectivity index is 3.33. The average molecular weight is 226 g/mol. The highest BCUT2D eigenvalue weighted by atomic mass is 19.1. The summed E-state index contributed by atoms with van der Waals surface area (Å²) < 4.78 is 27.8. The molecule has 0 aromatic heterocycles. The van der Waals surface area contributed by atoms with Crippen molar-refractivity contribution in [3.8, 4) is 0 Å². The lowest BCUT2D eigenvalue weighted by Crippen LogP contribution is -2.15. The molecule has 0 unspecified atom stereocenters. The molecule has 0 spiro atoms. The number of hydrogen-bond acceptors (Lipinski definition) is 0. The molecule has 0 saturated heterocycles. The molecule has 0 N–H and O–H groups in total. The van der Waals surface area contributed by atoms with Gasteiger partial charge in [-0.1, -0.05) is 19.1 Å². The molecule has 0 saturated carbocycles. The SMILES string of the molecule is CCc1cc(C(C)(C)F)cc(C(C)(C)F)c1. The van der Waals surface area contributed by atoms with E-state index in [2.05, 4.69) is 0 Å². The average Bonchev–Trinajstić information content (AvgIpc) is 2.14. The first-order valence-corrected chi connectivity index (χ1v) is 5.67. The van der Waals surface area contributed by atoms with Gasteiger partial charge in [0.15, 0.2) is 0 Å². The molecular formula is C14H20F2. The Morgan fingerprint density at radius 3 is 1.50 bits per heavy atom. The van der Waals surface area contributed by atoms with Crippen molar-refractivity contribution in [2.24, 2.45) is 0 Å². The largest absolute Gasteiger partial charge is 0.239 e. The number of alkyl halides is 2. The maximum Gasteiger partial charge on any atom is 0.130 e. The molecule has 2 heteroatoms. The molecule has 16 heavy (non-hydrogen) atoms. The number of rotatable bonds is 3. The van der Waals surface area contributed by atoms with Crippen LogP contribution >= 0.6 is 0 Å². The van der Waals surface area contributed by atoms with Crippen LogP contribution in [0.1, 0.15) is 51.3 Å². The quantitative estimate of drug-likeness (QED) is 0.703. The van der Waals surface area contributed by atoms with E-state index in [0.29, 0.717) is 11.1 Å². The van der Waals surface area contributed by atoms with Crippen molar-refractivity contribution >= 4 is 0 Å². The maximum atomic E-state index is 13.9. The molecule has 1 aromatic carbocycles. The van der Waals surface area contributed by atoms with Gasteiger partial charge < -0.3 is 0 Å². The van der Waals surface area contributed by atoms with Crippen LogP contribution in [0, 0.1) is 0 Å². The highest BCUT2D eigenvalue weighted by Gasteiger charge is 2.25. The predicted octanol–water partition coefficient (Wildman–Crippen LogP) is 4.66. The van der Waals surface area contributed by atoms with Gasteiger partial charge in [-0.2, -0.15) is 0 Å². The minimum absolute atomic E-state index is 0.549. The molecule has 0 atom stereocenters. The Morgan fingerprint density at radius 2 is 1.25 bits per heavy atom. The molecule has 0 fully saturated rings. The first kappa shape index (κ1) is 13.1. The van der Waals surface area contributed by atoms with E-state index in [4.69, 9.17) is 0 Å². The van der Waals surface area contributed by atoms with Gasteiger partial charge in [0.05, 0.1) is 0 Å². The van der Waals surface area contributed by atoms with E-state index in [0.717, 1.165) is 12.0 Å². The first-order valence-electron chi connectivity index (χ1n) is 5.67. The summed E-state index contributed by atoms with van der Waals surface area (Å²) in [5.74, 6) is 0. The number of benzene rings is 1. The second-order valence-electron chi connectivity index (χ2n) is 5.22. The molecule has 0 aliphatic heterocycles. The molecule has 0 heterocycles. The zero-order valence-electron chi connectivity index (χ0n) is 10.7. The Labute approximate surface area is 96.7 Å². The lowest BCUT2D eigenvalue weighted by molar-refractivity contribution is 0.211. The second-order valence-corrected chi connectivity index (χ2v) is 5.22. The van der Waals surface area contributed by atoms with Gasteiger partial charge in [-0.05, 0) is 56.9 Å². The normalized spacial score (nSPS) is 12.9. The van der Waals surface area contributed by atoms with Crippen LogP contribution in [0.4, 0.5) is 8.78 Å². The van der Waals surface area contributed by atoms with Crippen LogP contribution in [0.15, 0.2) is 18.2 Å². The summed E-state index contributed by atoms with van der Waals surface area (Å²) in [6.07, 6.45) is 0.785. The van der Waals surface area contributed by atoms with Crippen molar-refractivity contribution in [2.75, 3.05) is 0 Å². The molecule has 0 amide bonds. The Kier molecular flexibility index (Phi) is 3.41. The highest BCUT2D eigenvalue weighted by molar-refractivity contribution is 5.35. The summed E-state index contributed by atoms with van der Waals surface area (Å²) in [6, 6.07) is 5.25. The fourth-order valence-electron chi connectivity index (χ4n) is 1.58. The van der Waals surface area contributed by atoms with Crippen LogP contribution in [-0.2, 0) is 17.8 Å². The number of hydrogen-bond donors (Lipinski definition) is 0. The summed E-state index contributed by atoms with van der Waals surface area (Å²) >= 11 is 0. The van der Waals surface area contributed by atoms with E-state index in [1.54, 1.807) is 6.07 Å². The zero-order chi connectivity index (χ0) is 12.6. The molecule has 0 radical (unpaired) electrons. The summed E-state index contributed by atoms with van der Waals surface area (Å²) in [7, 11) is 0. The van der Waals surface area contributed by atoms with Crippen molar-refractivity contribution in [3.63, 3.8) is 0 Å². The van der Waals surface area contributed by atoms with Crippen LogP contribution < -0.4 is 0 Å². The van der Waals surface area contributed by atoms with E-state index in [1.807, 2.05) is 19.1 Å². The van der Waals surface area contributed by atoms with Crippen LogP contribution in [0.2, 0.25) is 0 Å². The van der Waals surface area contributed by atoms with E-state index < -0.39 is 11.3 Å². The first-order chi connectivity index (χ1) is 7.14. The zero-order valence-corrected chi connectivity index (χ0v) is 10.7. The highest BCUT2D eigenvalue weighted by Crippen LogP contribution is 2.32. The van der Waals surface area contributed by atoms with E-state index in [9.17, 15) is 8.78 Å². The van der Waals surface area contributed by atoms with Crippen molar-refractivity contribution < 1.29 is 8.78 Å². The van der Waals surface area contributed by atoms with Crippen molar-refractivity contribution in [1.29, 1.82) is 0 Å². The third-order valence-corrected chi connectivity index (χ3v) is 2.77. The van der Waals surface area contributed by atoms with Crippen LogP contribution in [-0.4, -0.2) is 0 Å². The van der Waals surface area contributed by atoms with Gasteiger partial charge in [0.2, 0.25) is 0 Å². The molecule has 0 nitrogen and oxygen atoms in total. The van der Waals surface area contributed by atoms with Gasteiger partial charge in [0, 0.05) is 0 Å². The fourth-order valence-corrected chi connectivity index (χ4v) is 1.58. The van der Waals surface area contributed by atoms with Gasteiger partial charge in [-0.25, -0.2) is 8.78 Å². The van der Waals surface area contributed by atoms with Gasteiger partial charge >= 0.3 is 0 Å². The topological polar surface area (TPSA) is 0 Å². The Bertz CT molecular complexity index is 335. The standard InChI is InChI=1S/C14H20F2/c1-6-10-7-11(13(2,3)15)9-12(8-10)14(4,5)16/h7-9H,6H2,1-5H3. The Hall–Kier alpha value is -0.920. The molecule has 1 rings (SSSR count). The Morgan fingerprint density at radius 1 is 0.875 bits per heavy atom. The van der Waals surface area contributed by atoms with Gasteiger partial charge in [-0.15, -0.1) is 0 Å². The van der Waals surface area contributed by atoms with E-state index >= 15 is 0 Å². The molecule has 1 aromatic rings. The minimum atomic E-state index is -1.43. The molecular weight excluding hydrogens is 206 g/mol. The maximum absolute atomic E-state index is 13.9. The van der Waals surface area contributed by atoms with Crippen molar-refractivity contribution in [2.45, 2.75) is 52.4 Å². The van der Waals surface area contributed by atoms with Crippen LogP contribution in [0.3, 0.4) is 0 Å². The number of halogens is 2. The number of aryl methyl sites for hydroxylation is 1. The smallest absolute Gasteiger partial charge is 0.130 e. The minimum Gasteiger partial charge on any atom is -0.239 e. The summed E-state index contributed by atoms with van der Waals surface area (Å²) in [6.45, 7) is 7.97. The lowest BCUT2D eigenvalue weighted by atomic mass is 9.90. The van der Waals surface area contributed by atoms with E-state index in [1.165, 1.54) is 27.7 Å². The monoisotopic (exact) mass is 226 g/mol. The summed E-state index contributed by atoms with van der Waals surface area (Å²) in [5, 5.41) is 0. The predicted molar refractivity (Wildman–Crippen MR) is 64.1 cm³/mol. The lowest BCUT2D eigenvalue weighted by Gasteiger charge is -2.21. The summed E-state index contributed by atoms with van der Waals surface area (Å²) in [4.78, 5) is 0. The van der Waals surface area contributed by atoms with Crippen molar-refractivity contribution in [3.05, 3.63) is 34.9 Å².